The minimum atomic E-state index is -0.572. The Kier molecular flexibility index (Phi) is 8.95. The van der Waals surface area contributed by atoms with Crippen molar-refractivity contribution in [1.29, 1.82) is 0 Å². The molecule has 34 heavy (non-hydrogen) atoms. The standard InChI is InChI=1S/C25H23ClFN3O3S/c1-2-3-13-33-20-10-7-16(8-11-20)23(31)30-25(34)29-18-6-4-5-17(14-18)24(32)28-19-9-12-22(27)21(26)15-19/h4-12,14-15H,2-3,13H2,1H3,(H,28,32)(H2,29,30,31,34). The van der Waals surface area contributed by atoms with Crippen molar-refractivity contribution in [2.24, 2.45) is 0 Å². The minimum absolute atomic E-state index is 0.0798. The Morgan fingerprint density at radius 3 is 2.38 bits per heavy atom. The molecule has 0 aromatic heterocycles. The van der Waals surface area contributed by atoms with Gasteiger partial charge in [-0.25, -0.2) is 4.39 Å². The minimum Gasteiger partial charge on any atom is -0.494 e. The van der Waals surface area contributed by atoms with E-state index in [4.69, 9.17) is 28.6 Å². The van der Waals surface area contributed by atoms with Gasteiger partial charge in [0.2, 0.25) is 0 Å². The molecule has 176 valence electrons. The molecule has 2 amide bonds. The van der Waals surface area contributed by atoms with E-state index in [9.17, 15) is 14.0 Å². The van der Waals surface area contributed by atoms with Crippen LogP contribution in [-0.2, 0) is 0 Å². The highest BCUT2D eigenvalue weighted by Crippen LogP contribution is 2.20. The lowest BCUT2D eigenvalue weighted by Gasteiger charge is -2.12. The number of anilines is 2. The SMILES string of the molecule is CCCCOc1ccc(C(=O)NC(=S)Nc2cccc(C(=O)Nc3ccc(F)c(Cl)c3)c2)cc1. The first-order valence-electron chi connectivity index (χ1n) is 10.6. The maximum Gasteiger partial charge on any atom is 0.257 e. The van der Waals surface area contributed by atoms with Gasteiger partial charge >= 0.3 is 0 Å². The highest BCUT2D eigenvalue weighted by Gasteiger charge is 2.11. The number of hydrogen-bond acceptors (Lipinski definition) is 4. The van der Waals surface area contributed by atoms with Gasteiger partial charge in [-0.3, -0.25) is 14.9 Å². The van der Waals surface area contributed by atoms with E-state index >= 15 is 0 Å². The van der Waals surface area contributed by atoms with Crippen LogP contribution in [0.4, 0.5) is 15.8 Å². The number of unbranched alkanes of at least 4 members (excludes halogenated alkanes) is 1. The number of halogens is 2. The van der Waals surface area contributed by atoms with Crippen LogP contribution >= 0.6 is 23.8 Å². The van der Waals surface area contributed by atoms with E-state index in [1.807, 2.05) is 0 Å². The first-order chi connectivity index (χ1) is 16.4. The summed E-state index contributed by atoms with van der Waals surface area (Å²) in [4.78, 5) is 25.0. The van der Waals surface area contributed by atoms with Gasteiger partial charge in [-0.15, -0.1) is 0 Å². The summed E-state index contributed by atoms with van der Waals surface area (Å²) in [5.74, 6) is -0.663. The van der Waals surface area contributed by atoms with Gasteiger partial charge < -0.3 is 15.4 Å². The second-order valence-electron chi connectivity index (χ2n) is 7.30. The summed E-state index contributed by atoms with van der Waals surface area (Å²) in [5.41, 5.74) is 1.63. The zero-order valence-corrected chi connectivity index (χ0v) is 19.9. The lowest BCUT2D eigenvalue weighted by Crippen LogP contribution is -2.34. The molecule has 0 bridgehead atoms. The maximum atomic E-state index is 13.3. The van der Waals surface area contributed by atoms with Crippen LogP contribution in [0.5, 0.6) is 5.75 Å². The molecule has 6 nitrogen and oxygen atoms in total. The molecule has 0 fully saturated rings. The molecule has 0 aliphatic carbocycles. The molecule has 9 heteroatoms. The zero-order valence-electron chi connectivity index (χ0n) is 18.4. The third-order valence-electron chi connectivity index (χ3n) is 4.67. The summed E-state index contributed by atoms with van der Waals surface area (Å²) in [7, 11) is 0. The summed E-state index contributed by atoms with van der Waals surface area (Å²) in [5, 5.41) is 8.13. The van der Waals surface area contributed by atoms with Crippen LogP contribution in [0, 0.1) is 5.82 Å². The van der Waals surface area contributed by atoms with Gasteiger partial charge in [0.05, 0.1) is 11.6 Å². The third-order valence-corrected chi connectivity index (χ3v) is 5.16. The lowest BCUT2D eigenvalue weighted by atomic mass is 10.2. The molecule has 0 unspecified atom stereocenters. The second-order valence-corrected chi connectivity index (χ2v) is 8.11. The molecule has 0 spiro atoms. The van der Waals surface area contributed by atoms with Crippen molar-refractivity contribution >= 4 is 52.1 Å². The second kappa shape index (κ2) is 12.1. The Hall–Kier alpha value is -3.49. The van der Waals surface area contributed by atoms with Gasteiger partial charge in [0, 0.05) is 22.5 Å². The Morgan fingerprint density at radius 1 is 0.941 bits per heavy atom. The van der Waals surface area contributed by atoms with E-state index in [2.05, 4.69) is 22.9 Å². The molecule has 0 saturated carbocycles. The van der Waals surface area contributed by atoms with E-state index in [-0.39, 0.29) is 16.0 Å². The van der Waals surface area contributed by atoms with Gasteiger partial charge in [0.25, 0.3) is 11.8 Å². The molecule has 3 aromatic rings. The van der Waals surface area contributed by atoms with Crippen molar-refractivity contribution in [2.75, 3.05) is 17.2 Å². The first kappa shape index (κ1) is 25.1. The number of hydrogen-bond donors (Lipinski definition) is 3. The van der Waals surface area contributed by atoms with E-state index in [0.717, 1.165) is 12.8 Å². The summed E-state index contributed by atoms with van der Waals surface area (Å²) < 4.78 is 18.9. The summed E-state index contributed by atoms with van der Waals surface area (Å²) in [6, 6.07) is 17.2. The van der Waals surface area contributed by atoms with E-state index in [1.165, 1.54) is 18.2 Å². The Bertz CT molecular complexity index is 1190. The van der Waals surface area contributed by atoms with Crippen molar-refractivity contribution in [1.82, 2.24) is 5.32 Å². The maximum absolute atomic E-state index is 13.3. The fourth-order valence-corrected chi connectivity index (χ4v) is 3.28. The molecular weight excluding hydrogens is 477 g/mol. The van der Waals surface area contributed by atoms with Crippen LogP contribution in [-0.4, -0.2) is 23.5 Å². The number of carbonyl (C=O) groups excluding carboxylic acids is 2. The Balaban J connectivity index is 1.56. The molecule has 3 aromatic carbocycles. The molecule has 0 heterocycles. The van der Waals surface area contributed by atoms with Crippen LogP contribution in [0.1, 0.15) is 40.5 Å². The molecule has 3 N–H and O–H groups in total. The lowest BCUT2D eigenvalue weighted by molar-refractivity contribution is 0.0976. The number of ether oxygens (including phenoxy) is 1. The number of nitrogens with one attached hydrogen (secondary N) is 3. The summed E-state index contributed by atoms with van der Waals surface area (Å²) in [6.45, 7) is 2.72. The fourth-order valence-electron chi connectivity index (χ4n) is 2.89. The van der Waals surface area contributed by atoms with Gasteiger partial charge in [-0.2, -0.15) is 0 Å². The van der Waals surface area contributed by atoms with Gasteiger partial charge in [0.1, 0.15) is 11.6 Å². The van der Waals surface area contributed by atoms with Crippen LogP contribution in [0.15, 0.2) is 66.7 Å². The molecule has 0 atom stereocenters. The van der Waals surface area contributed by atoms with E-state index in [0.29, 0.717) is 34.9 Å². The van der Waals surface area contributed by atoms with Crippen molar-refractivity contribution in [3.63, 3.8) is 0 Å². The number of rotatable bonds is 8. The molecule has 3 rings (SSSR count). The highest BCUT2D eigenvalue weighted by molar-refractivity contribution is 7.80. The number of carbonyl (C=O) groups is 2. The molecule has 0 radical (unpaired) electrons. The van der Waals surface area contributed by atoms with Crippen LogP contribution in [0.2, 0.25) is 5.02 Å². The largest absolute Gasteiger partial charge is 0.494 e. The average molecular weight is 500 g/mol. The zero-order chi connectivity index (χ0) is 24.5. The molecular formula is C25H23ClFN3O3S. The van der Waals surface area contributed by atoms with E-state index in [1.54, 1.807) is 48.5 Å². The number of benzene rings is 3. The van der Waals surface area contributed by atoms with Gasteiger partial charge in [0.15, 0.2) is 5.11 Å². The van der Waals surface area contributed by atoms with Crippen LogP contribution in [0.3, 0.4) is 0 Å². The summed E-state index contributed by atoms with van der Waals surface area (Å²) >= 11 is 11.0. The van der Waals surface area contributed by atoms with Crippen molar-refractivity contribution < 1.29 is 18.7 Å². The first-order valence-corrected chi connectivity index (χ1v) is 11.4. The Labute approximate surface area is 207 Å². The molecule has 0 saturated heterocycles. The van der Waals surface area contributed by atoms with E-state index < -0.39 is 11.7 Å². The van der Waals surface area contributed by atoms with Crippen molar-refractivity contribution in [2.45, 2.75) is 19.8 Å². The number of amides is 2. The molecule has 0 aliphatic rings. The quantitative estimate of drug-likeness (QED) is 0.260. The summed E-state index contributed by atoms with van der Waals surface area (Å²) in [6.07, 6.45) is 2.01. The average Bonchev–Trinajstić information content (AvgIpc) is 2.82. The van der Waals surface area contributed by atoms with Gasteiger partial charge in [-0.05, 0) is 79.3 Å². The Morgan fingerprint density at radius 2 is 1.68 bits per heavy atom. The third kappa shape index (κ3) is 7.26. The normalized spacial score (nSPS) is 10.3. The predicted octanol–water partition coefficient (Wildman–Crippen LogP) is 6.04. The van der Waals surface area contributed by atoms with Crippen molar-refractivity contribution in [3.05, 3.63) is 88.7 Å². The molecule has 0 aliphatic heterocycles. The number of thiocarbonyl (C=S) groups is 1. The van der Waals surface area contributed by atoms with Crippen LogP contribution in [0.25, 0.3) is 0 Å². The monoisotopic (exact) mass is 499 g/mol. The predicted molar refractivity (Wildman–Crippen MR) is 136 cm³/mol. The van der Waals surface area contributed by atoms with Crippen LogP contribution < -0.4 is 20.7 Å². The smallest absolute Gasteiger partial charge is 0.257 e. The topological polar surface area (TPSA) is 79.5 Å². The fraction of sp³-hybridized carbons (Fsp3) is 0.160. The van der Waals surface area contributed by atoms with Crippen molar-refractivity contribution in [3.8, 4) is 5.75 Å². The van der Waals surface area contributed by atoms with Gasteiger partial charge in [-0.1, -0.05) is 31.0 Å². The highest BCUT2D eigenvalue weighted by atomic mass is 35.5.